The Balaban J connectivity index is 1.47. The molecular weight excluding hydrogens is 318 g/mol. The summed E-state index contributed by atoms with van der Waals surface area (Å²) in [7, 11) is 0. The Kier molecular flexibility index (Phi) is 4.63. The Morgan fingerprint density at radius 1 is 1.12 bits per heavy atom. The molecule has 5 heteroatoms. The quantitative estimate of drug-likeness (QED) is 0.854. The van der Waals surface area contributed by atoms with E-state index in [0.29, 0.717) is 6.04 Å². The lowest BCUT2D eigenvalue weighted by atomic mass is 10.2. The summed E-state index contributed by atoms with van der Waals surface area (Å²) in [6.45, 7) is 4.31. The van der Waals surface area contributed by atoms with Gasteiger partial charge in [-0.1, -0.05) is 30.3 Å². The molecule has 0 unspecified atom stereocenters. The number of rotatable bonds is 4. The van der Waals surface area contributed by atoms with E-state index in [1.807, 2.05) is 30.3 Å². The largest absolute Gasteiger partial charge is 0.334 e. The van der Waals surface area contributed by atoms with Gasteiger partial charge in [0, 0.05) is 24.7 Å². The van der Waals surface area contributed by atoms with Crippen molar-refractivity contribution in [3.05, 3.63) is 41.4 Å². The number of hydrogen-bond donors (Lipinski definition) is 0. The number of aromatic nitrogens is 1. The molecule has 0 N–H and O–H groups in total. The molecule has 2 aromatic rings. The minimum Gasteiger partial charge on any atom is -0.334 e. The van der Waals surface area contributed by atoms with Crippen molar-refractivity contribution in [2.75, 3.05) is 26.2 Å². The summed E-state index contributed by atoms with van der Waals surface area (Å²) < 4.78 is 0. The van der Waals surface area contributed by atoms with Crippen LogP contribution >= 0.6 is 11.3 Å². The molecule has 2 fully saturated rings. The zero-order chi connectivity index (χ0) is 16.4. The first-order valence-corrected chi connectivity index (χ1v) is 9.67. The molecule has 0 saturated carbocycles. The topological polar surface area (TPSA) is 36.4 Å². The molecule has 126 valence electrons. The molecule has 3 heterocycles. The number of benzene rings is 1. The standard InChI is InChI=1S/C19H23N3OS/c23-19(17-13-20-18(24-17)15-7-2-1-3-8-15)22-12-6-9-16(22)14-21-10-4-5-11-21/h1-3,7-8,13,16H,4-6,9-12,14H2/t16-/m0/s1. The summed E-state index contributed by atoms with van der Waals surface area (Å²) >= 11 is 1.51. The van der Waals surface area contributed by atoms with Crippen LogP contribution < -0.4 is 0 Å². The molecule has 1 aromatic heterocycles. The van der Waals surface area contributed by atoms with Gasteiger partial charge in [0.2, 0.25) is 0 Å². The summed E-state index contributed by atoms with van der Waals surface area (Å²) in [5, 5.41) is 0.925. The SMILES string of the molecule is O=C(c1cnc(-c2ccccc2)s1)N1CCC[C@H]1CN1CCCC1. The number of likely N-dealkylation sites (tertiary alicyclic amines) is 2. The van der Waals surface area contributed by atoms with Crippen LogP contribution in [-0.2, 0) is 0 Å². The molecule has 2 aliphatic rings. The van der Waals surface area contributed by atoms with E-state index in [2.05, 4.69) is 14.8 Å². The molecule has 0 bridgehead atoms. The Bertz CT molecular complexity index is 694. The first-order valence-electron chi connectivity index (χ1n) is 8.86. The Morgan fingerprint density at radius 2 is 1.92 bits per heavy atom. The van der Waals surface area contributed by atoms with Crippen LogP contribution in [0.2, 0.25) is 0 Å². The van der Waals surface area contributed by atoms with Crippen LogP contribution in [0, 0.1) is 0 Å². The number of thiazole rings is 1. The van der Waals surface area contributed by atoms with Gasteiger partial charge in [-0.15, -0.1) is 11.3 Å². The van der Waals surface area contributed by atoms with Crippen molar-refractivity contribution in [1.29, 1.82) is 0 Å². The van der Waals surface area contributed by atoms with Crippen LogP contribution in [0.1, 0.15) is 35.4 Å². The van der Waals surface area contributed by atoms with Gasteiger partial charge in [0.25, 0.3) is 5.91 Å². The number of carbonyl (C=O) groups is 1. The summed E-state index contributed by atoms with van der Waals surface area (Å²) in [5.74, 6) is 0.163. The molecule has 24 heavy (non-hydrogen) atoms. The Labute approximate surface area is 147 Å². The van der Waals surface area contributed by atoms with Gasteiger partial charge in [-0.05, 0) is 38.8 Å². The Morgan fingerprint density at radius 3 is 2.71 bits per heavy atom. The van der Waals surface area contributed by atoms with E-state index in [9.17, 15) is 4.79 Å². The molecule has 2 aliphatic heterocycles. The monoisotopic (exact) mass is 341 g/mol. The second-order valence-electron chi connectivity index (χ2n) is 6.70. The van der Waals surface area contributed by atoms with Crippen molar-refractivity contribution in [2.45, 2.75) is 31.7 Å². The van der Waals surface area contributed by atoms with Gasteiger partial charge in [-0.2, -0.15) is 0 Å². The van der Waals surface area contributed by atoms with Crippen LogP contribution in [0.3, 0.4) is 0 Å². The normalized spacial score (nSPS) is 21.5. The fourth-order valence-electron chi connectivity index (χ4n) is 3.78. The third-order valence-corrected chi connectivity index (χ3v) is 6.08. The number of nitrogens with zero attached hydrogens (tertiary/aromatic N) is 3. The lowest BCUT2D eigenvalue weighted by Gasteiger charge is -2.28. The van der Waals surface area contributed by atoms with E-state index < -0.39 is 0 Å². The predicted molar refractivity (Wildman–Crippen MR) is 97.3 cm³/mol. The van der Waals surface area contributed by atoms with Gasteiger partial charge in [-0.25, -0.2) is 4.98 Å². The third-order valence-electron chi connectivity index (χ3n) is 5.04. The number of carbonyl (C=O) groups excluding carboxylic acids is 1. The minimum atomic E-state index is 0.163. The van der Waals surface area contributed by atoms with E-state index in [1.54, 1.807) is 6.20 Å². The molecule has 1 atom stereocenters. The number of amides is 1. The highest BCUT2D eigenvalue weighted by molar-refractivity contribution is 7.16. The maximum Gasteiger partial charge on any atom is 0.265 e. The van der Waals surface area contributed by atoms with Crippen LogP contribution in [0.15, 0.2) is 36.5 Å². The van der Waals surface area contributed by atoms with E-state index in [1.165, 1.54) is 37.3 Å². The summed E-state index contributed by atoms with van der Waals surface area (Å²) in [6, 6.07) is 10.5. The van der Waals surface area contributed by atoms with Gasteiger partial charge >= 0.3 is 0 Å². The van der Waals surface area contributed by atoms with Crippen molar-refractivity contribution in [2.24, 2.45) is 0 Å². The molecule has 4 rings (SSSR count). The van der Waals surface area contributed by atoms with Crippen molar-refractivity contribution in [3.63, 3.8) is 0 Å². The van der Waals surface area contributed by atoms with Crippen LogP contribution in [0.5, 0.6) is 0 Å². The van der Waals surface area contributed by atoms with Crippen LogP contribution in [0.25, 0.3) is 10.6 Å². The zero-order valence-corrected chi connectivity index (χ0v) is 14.7. The third kappa shape index (κ3) is 3.23. The van der Waals surface area contributed by atoms with Crippen molar-refractivity contribution >= 4 is 17.2 Å². The fourth-order valence-corrected chi connectivity index (χ4v) is 4.66. The van der Waals surface area contributed by atoms with Gasteiger partial charge in [0.05, 0.1) is 6.20 Å². The predicted octanol–water partition coefficient (Wildman–Crippen LogP) is 3.51. The zero-order valence-electron chi connectivity index (χ0n) is 13.9. The second kappa shape index (κ2) is 7.03. The highest BCUT2D eigenvalue weighted by Gasteiger charge is 2.32. The second-order valence-corrected chi connectivity index (χ2v) is 7.73. The molecular formula is C19H23N3OS. The first-order chi connectivity index (χ1) is 11.8. The van der Waals surface area contributed by atoms with Gasteiger partial charge in [-0.3, -0.25) is 4.79 Å². The average Bonchev–Trinajstić information content (AvgIpc) is 3.37. The van der Waals surface area contributed by atoms with Crippen LogP contribution in [0.4, 0.5) is 0 Å². The van der Waals surface area contributed by atoms with E-state index in [4.69, 9.17) is 0 Å². The maximum absolute atomic E-state index is 13.0. The molecule has 1 aromatic carbocycles. The molecule has 4 nitrogen and oxygen atoms in total. The minimum absolute atomic E-state index is 0.163. The first kappa shape index (κ1) is 15.8. The highest BCUT2D eigenvalue weighted by atomic mass is 32.1. The molecule has 1 amide bonds. The maximum atomic E-state index is 13.0. The van der Waals surface area contributed by atoms with Crippen molar-refractivity contribution < 1.29 is 4.79 Å². The molecule has 2 saturated heterocycles. The van der Waals surface area contributed by atoms with Crippen LogP contribution in [-0.4, -0.2) is 52.9 Å². The average molecular weight is 341 g/mol. The highest BCUT2D eigenvalue weighted by Crippen LogP contribution is 2.28. The number of hydrogen-bond acceptors (Lipinski definition) is 4. The molecule has 0 aliphatic carbocycles. The molecule has 0 spiro atoms. The fraction of sp³-hybridized carbons (Fsp3) is 0.474. The lowest BCUT2D eigenvalue weighted by Crippen LogP contribution is -2.42. The van der Waals surface area contributed by atoms with E-state index >= 15 is 0 Å². The van der Waals surface area contributed by atoms with Gasteiger partial charge in [0.15, 0.2) is 0 Å². The lowest BCUT2D eigenvalue weighted by molar-refractivity contribution is 0.0713. The molecule has 0 radical (unpaired) electrons. The van der Waals surface area contributed by atoms with E-state index in [0.717, 1.165) is 41.4 Å². The van der Waals surface area contributed by atoms with Crippen molar-refractivity contribution in [1.82, 2.24) is 14.8 Å². The smallest absolute Gasteiger partial charge is 0.265 e. The van der Waals surface area contributed by atoms with Crippen molar-refractivity contribution in [3.8, 4) is 10.6 Å². The van der Waals surface area contributed by atoms with E-state index in [-0.39, 0.29) is 5.91 Å². The van der Waals surface area contributed by atoms with Gasteiger partial charge < -0.3 is 9.80 Å². The van der Waals surface area contributed by atoms with Gasteiger partial charge in [0.1, 0.15) is 9.88 Å². The summed E-state index contributed by atoms with van der Waals surface area (Å²) in [5.41, 5.74) is 1.08. The summed E-state index contributed by atoms with van der Waals surface area (Å²) in [4.78, 5) is 22.8. The summed E-state index contributed by atoms with van der Waals surface area (Å²) in [6.07, 6.45) is 6.60. The Hall–Kier alpha value is -1.72.